The lowest BCUT2D eigenvalue weighted by Gasteiger charge is -2.31. The predicted molar refractivity (Wildman–Crippen MR) is 90.1 cm³/mol. The highest BCUT2D eigenvalue weighted by atomic mass is 16.1. The Bertz CT molecular complexity index is 617. The van der Waals surface area contributed by atoms with Gasteiger partial charge in [0.1, 0.15) is 0 Å². The van der Waals surface area contributed by atoms with E-state index in [-0.39, 0.29) is 11.8 Å². The molecular formula is C18H22N4O. The summed E-state index contributed by atoms with van der Waals surface area (Å²) in [5, 5.41) is 3.07. The lowest BCUT2D eigenvalue weighted by Crippen LogP contribution is -2.44. The Balaban J connectivity index is 1.49. The molecule has 5 heteroatoms. The molecule has 0 radical (unpaired) electrons. The summed E-state index contributed by atoms with van der Waals surface area (Å²) in [7, 11) is 0. The van der Waals surface area contributed by atoms with Gasteiger partial charge < -0.3 is 10.2 Å². The molecule has 1 atom stereocenters. The molecule has 1 aliphatic heterocycles. The molecule has 1 aromatic heterocycles. The number of piperidine rings is 1. The Morgan fingerprint density at radius 1 is 1.17 bits per heavy atom. The van der Waals surface area contributed by atoms with Gasteiger partial charge in [0.2, 0.25) is 11.9 Å². The Morgan fingerprint density at radius 2 is 1.96 bits per heavy atom. The van der Waals surface area contributed by atoms with Crippen LogP contribution in [0.3, 0.4) is 0 Å². The van der Waals surface area contributed by atoms with E-state index in [2.05, 4.69) is 32.3 Å². The smallest absolute Gasteiger partial charge is 0.225 e. The summed E-state index contributed by atoms with van der Waals surface area (Å²) in [5.74, 6) is 0.874. The van der Waals surface area contributed by atoms with Crippen LogP contribution in [0.2, 0.25) is 0 Å². The van der Waals surface area contributed by atoms with Gasteiger partial charge in [0, 0.05) is 32.0 Å². The van der Waals surface area contributed by atoms with E-state index in [1.165, 1.54) is 5.56 Å². The van der Waals surface area contributed by atoms with Gasteiger partial charge in [0.25, 0.3) is 0 Å². The molecule has 0 bridgehead atoms. The van der Waals surface area contributed by atoms with Crippen molar-refractivity contribution in [2.45, 2.75) is 19.3 Å². The van der Waals surface area contributed by atoms with Gasteiger partial charge in [-0.2, -0.15) is 0 Å². The van der Waals surface area contributed by atoms with Crippen molar-refractivity contribution in [3.05, 3.63) is 54.4 Å². The Labute approximate surface area is 136 Å². The number of carbonyl (C=O) groups is 1. The van der Waals surface area contributed by atoms with E-state index < -0.39 is 0 Å². The molecule has 3 rings (SSSR count). The van der Waals surface area contributed by atoms with Gasteiger partial charge in [-0.25, -0.2) is 9.97 Å². The first-order valence-corrected chi connectivity index (χ1v) is 8.16. The summed E-state index contributed by atoms with van der Waals surface area (Å²) in [4.78, 5) is 23.1. The molecule has 0 saturated carbocycles. The Hall–Kier alpha value is -2.43. The van der Waals surface area contributed by atoms with Crippen molar-refractivity contribution in [3.8, 4) is 0 Å². The first-order valence-electron chi connectivity index (χ1n) is 8.16. The maximum Gasteiger partial charge on any atom is 0.225 e. The van der Waals surface area contributed by atoms with Crippen LogP contribution in [0.5, 0.6) is 0 Å². The van der Waals surface area contributed by atoms with Crippen LogP contribution < -0.4 is 10.2 Å². The molecule has 23 heavy (non-hydrogen) atoms. The Kier molecular flexibility index (Phi) is 5.19. The second kappa shape index (κ2) is 7.72. The highest BCUT2D eigenvalue weighted by molar-refractivity contribution is 5.79. The largest absolute Gasteiger partial charge is 0.355 e. The topological polar surface area (TPSA) is 58.1 Å². The molecule has 1 aromatic carbocycles. The fraction of sp³-hybridized carbons (Fsp3) is 0.389. The second-order valence-electron chi connectivity index (χ2n) is 5.86. The van der Waals surface area contributed by atoms with Crippen LogP contribution in [0, 0.1) is 5.92 Å². The van der Waals surface area contributed by atoms with Gasteiger partial charge in [-0.05, 0) is 30.9 Å². The van der Waals surface area contributed by atoms with Gasteiger partial charge in [-0.1, -0.05) is 30.3 Å². The lowest BCUT2D eigenvalue weighted by molar-refractivity contribution is -0.125. The van der Waals surface area contributed by atoms with Gasteiger partial charge in [0.15, 0.2) is 0 Å². The Morgan fingerprint density at radius 3 is 2.74 bits per heavy atom. The van der Waals surface area contributed by atoms with Gasteiger partial charge in [0.05, 0.1) is 5.92 Å². The highest BCUT2D eigenvalue weighted by Gasteiger charge is 2.26. The summed E-state index contributed by atoms with van der Waals surface area (Å²) in [5.41, 5.74) is 1.25. The minimum absolute atomic E-state index is 0.0170. The average molecular weight is 310 g/mol. The van der Waals surface area contributed by atoms with Crippen molar-refractivity contribution in [2.24, 2.45) is 5.92 Å². The van der Waals surface area contributed by atoms with Crippen LogP contribution in [0.15, 0.2) is 48.8 Å². The summed E-state index contributed by atoms with van der Waals surface area (Å²) in [6.45, 7) is 2.29. The molecule has 2 aromatic rings. The van der Waals surface area contributed by atoms with Crippen molar-refractivity contribution < 1.29 is 4.79 Å². The van der Waals surface area contributed by atoms with E-state index in [0.717, 1.165) is 25.8 Å². The first kappa shape index (κ1) is 15.5. The SMILES string of the molecule is O=C(NCCc1ccccc1)[C@H]1CCCN(c2ncccn2)C1. The molecule has 0 spiro atoms. The number of rotatable bonds is 5. The maximum atomic E-state index is 12.4. The molecule has 1 aliphatic rings. The number of carbonyl (C=O) groups excluding carboxylic acids is 1. The van der Waals surface area contributed by atoms with Crippen molar-refractivity contribution in [1.82, 2.24) is 15.3 Å². The lowest BCUT2D eigenvalue weighted by atomic mass is 9.97. The molecule has 120 valence electrons. The van der Waals surface area contributed by atoms with Crippen LogP contribution >= 0.6 is 0 Å². The summed E-state index contributed by atoms with van der Waals surface area (Å²) < 4.78 is 0. The van der Waals surface area contributed by atoms with Gasteiger partial charge in [-0.3, -0.25) is 4.79 Å². The van der Waals surface area contributed by atoms with E-state index in [0.29, 0.717) is 19.0 Å². The summed E-state index contributed by atoms with van der Waals surface area (Å²) in [6, 6.07) is 12.0. The predicted octanol–water partition coefficient (Wildman–Crippen LogP) is 2.05. The van der Waals surface area contributed by atoms with E-state index in [4.69, 9.17) is 0 Å². The third kappa shape index (κ3) is 4.28. The molecule has 1 amide bonds. The zero-order chi connectivity index (χ0) is 15.9. The number of nitrogens with one attached hydrogen (secondary N) is 1. The number of benzene rings is 1. The standard InChI is InChI=1S/C18H22N4O/c23-17(19-12-9-15-6-2-1-3-7-15)16-8-4-13-22(14-16)18-20-10-5-11-21-18/h1-3,5-7,10-11,16H,4,8-9,12-14H2,(H,19,23)/t16-/m0/s1. The number of aromatic nitrogens is 2. The third-order valence-corrected chi connectivity index (χ3v) is 4.18. The third-order valence-electron chi connectivity index (χ3n) is 4.18. The van der Waals surface area contributed by atoms with Crippen LogP contribution in [0.4, 0.5) is 5.95 Å². The number of amides is 1. The maximum absolute atomic E-state index is 12.4. The van der Waals surface area contributed by atoms with Crippen LogP contribution in [-0.4, -0.2) is 35.5 Å². The monoisotopic (exact) mass is 310 g/mol. The van der Waals surface area contributed by atoms with Crippen molar-refractivity contribution in [2.75, 3.05) is 24.5 Å². The zero-order valence-corrected chi connectivity index (χ0v) is 13.2. The fourth-order valence-electron chi connectivity index (χ4n) is 2.95. The molecule has 2 heterocycles. The van der Waals surface area contributed by atoms with Crippen molar-refractivity contribution >= 4 is 11.9 Å². The van der Waals surface area contributed by atoms with E-state index in [1.807, 2.05) is 18.2 Å². The molecule has 0 unspecified atom stereocenters. The minimum Gasteiger partial charge on any atom is -0.355 e. The number of anilines is 1. The number of nitrogens with zero attached hydrogens (tertiary/aromatic N) is 3. The van der Waals surface area contributed by atoms with Gasteiger partial charge >= 0.3 is 0 Å². The average Bonchev–Trinajstić information content (AvgIpc) is 2.63. The quantitative estimate of drug-likeness (QED) is 0.918. The molecule has 0 aliphatic carbocycles. The number of hydrogen-bond donors (Lipinski definition) is 1. The highest BCUT2D eigenvalue weighted by Crippen LogP contribution is 2.20. The zero-order valence-electron chi connectivity index (χ0n) is 13.2. The molecule has 1 fully saturated rings. The van der Waals surface area contributed by atoms with Crippen molar-refractivity contribution in [1.29, 1.82) is 0 Å². The van der Waals surface area contributed by atoms with E-state index in [1.54, 1.807) is 18.5 Å². The van der Waals surface area contributed by atoms with Gasteiger partial charge in [-0.15, -0.1) is 0 Å². The fourth-order valence-corrected chi connectivity index (χ4v) is 2.95. The van der Waals surface area contributed by atoms with Crippen LogP contribution in [-0.2, 0) is 11.2 Å². The first-order chi connectivity index (χ1) is 11.3. The summed E-state index contributed by atoms with van der Waals surface area (Å²) in [6.07, 6.45) is 6.28. The molecular weight excluding hydrogens is 288 g/mol. The summed E-state index contributed by atoms with van der Waals surface area (Å²) >= 11 is 0. The van der Waals surface area contributed by atoms with E-state index in [9.17, 15) is 4.79 Å². The van der Waals surface area contributed by atoms with E-state index >= 15 is 0 Å². The molecule has 5 nitrogen and oxygen atoms in total. The number of hydrogen-bond acceptors (Lipinski definition) is 4. The molecule has 1 saturated heterocycles. The van der Waals surface area contributed by atoms with Crippen LogP contribution in [0.25, 0.3) is 0 Å². The second-order valence-corrected chi connectivity index (χ2v) is 5.86. The molecule has 1 N–H and O–H groups in total. The minimum atomic E-state index is 0.0170. The van der Waals surface area contributed by atoms with Crippen LogP contribution in [0.1, 0.15) is 18.4 Å². The van der Waals surface area contributed by atoms with Crippen molar-refractivity contribution in [3.63, 3.8) is 0 Å². The normalized spacial score (nSPS) is 17.7.